The van der Waals surface area contributed by atoms with Gasteiger partial charge in [-0.1, -0.05) is 38.1 Å². The highest BCUT2D eigenvalue weighted by atomic mass is 16.8. The lowest BCUT2D eigenvalue weighted by Gasteiger charge is -2.50. The smallest absolute Gasteiger partial charge is 0.343 e. The van der Waals surface area contributed by atoms with Gasteiger partial charge in [-0.2, -0.15) is 0 Å². The van der Waals surface area contributed by atoms with E-state index in [1.807, 2.05) is 25.1 Å². The summed E-state index contributed by atoms with van der Waals surface area (Å²) in [6.45, 7) is 3.60. The van der Waals surface area contributed by atoms with Gasteiger partial charge in [0.15, 0.2) is 5.79 Å². The zero-order valence-electron chi connectivity index (χ0n) is 19.0. The molecule has 9 atom stereocenters. The van der Waals surface area contributed by atoms with Crippen LogP contribution in [0, 0.1) is 5.92 Å². The minimum absolute atomic E-state index is 0.0349. The van der Waals surface area contributed by atoms with Crippen LogP contribution >= 0.6 is 0 Å². The van der Waals surface area contributed by atoms with Crippen molar-refractivity contribution in [1.82, 2.24) is 0 Å². The van der Waals surface area contributed by atoms with Crippen LogP contribution in [0.15, 0.2) is 24.3 Å². The van der Waals surface area contributed by atoms with Crippen LogP contribution in [0.5, 0.6) is 0 Å². The van der Waals surface area contributed by atoms with Gasteiger partial charge >= 0.3 is 17.9 Å². The van der Waals surface area contributed by atoms with Crippen LogP contribution in [0.3, 0.4) is 0 Å². The lowest BCUT2D eigenvalue weighted by Crippen LogP contribution is -2.77. The number of fused-ring (bicyclic) bond motifs is 3. The van der Waals surface area contributed by atoms with Crippen LogP contribution in [0.4, 0.5) is 0 Å². The van der Waals surface area contributed by atoms with Crippen molar-refractivity contribution in [2.24, 2.45) is 5.92 Å². The zero-order chi connectivity index (χ0) is 26.1. The molecule has 1 aromatic carbocycles. The van der Waals surface area contributed by atoms with Crippen molar-refractivity contribution >= 4 is 17.9 Å². The quantitative estimate of drug-likeness (QED) is 0.249. The van der Waals surface area contributed by atoms with Gasteiger partial charge in [0.2, 0.25) is 17.3 Å². The third kappa shape index (κ3) is 3.11. The first kappa shape index (κ1) is 25.5. The molecule has 3 aliphatic rings. The van der Waals surface area contributed by atoms with Crippen molar-refractivity contribution in [3.8, 4) is 0 Å². The normalized spacial score (nSPS) is 44.5. The van der Waals surface area contributed by atoms with Crippen molar-refractivity contribution in [2.75, 3.05) is 0 Å². The van der Waals surface area contributed by atoms with Crippen LogP contribution < -0.4 is 0 Å². The van der Waals surface area contributed by atoms with Gasteiger partial charge in [0.1, 0.15) is 12.2 Å². The molecule has 2 bridgehead atoms. The second-order valence-electron chi connectivity index (χ2n) is 9.95. The number of aliphatic carboxylic acids is 3. The van der Waals surface area contributed by atoms with Crippen molar-refractivity contribution in [2.45, 2.75) is 79.9 Å². The van der Waals surface area contributed by atoms with E-state index in [0.717, 1.165) is 11.1 Å². The molecular formula is C23H28O12. The molecule has 3 unspecified atom stereocenters. The Morgan fingerprint density at radius 2 is 1.60 bits per heavy atom. The summed E-state index contributed by atoms with van der Waals surface area (Å²) in [5, 5.41) is 72.6. The molecule has 12 heteroatoms. The number of carbonyl (C=O) groups is 3. The molecule has 7 N–H and O–H groups in total. The molecule has 35 heavy (non-hydrogen) atoms. The van der Waals surface area contributed by atoms with Gasteiger partial charge < -0.3 is 45.2 Å². The molecule has 1 aliphatic carbocycles. The topological polar surface area (TPSA) is 211 Å². The molecule has 2 aliphatic heterocycles. The zero-order valence-corrected chi connectivity index (χ0v) is 19.0. The summed E-state index contributed by atoms with van der Waals surface area (Å²) in [5.41, 5.74) is -6.45. The lowest BCUT2D eigenvalue weighted by molar-refractivity contribution is -0.375. The molecule has 0 spiro atoms. The standard InChI is InChI=1S/C23H28O12/c1-10-9-11-5-3-4-6-12(11)20(2,13(10)24)7-8-21-14(25)15(26)23(35-21,19(31)32)22(33,18(29)30)16(34-21)17(27)28/h3-6,10,13-16,24-26,33H,7-9H2,1-2H3,(H,27,28)(H,29,30)(H,31,32)/t10?,13?,14-,15-,16-,20?,21+,22-,23+/m1/s1. The molecule has 4 rings (SSSR count). The van der Waals surface area contributed by atoms with Crippen LogP contribution in [0.25, 0.3) is 0 Å². The number of carboxylic acids is 3. The summed E-state index contributed by atoms with van der Waals surface area (Å²) in [6.07, 6.45) is -8.25. The predicted molar refractivity (Wildman–Crippen MR) is 113 cm³/mol. The summed E-state index contributed by atoms with van der Waals surface area (Å²) in [4.78, 5) is 36.1. The largest absolute Gasteiger partial charge is 0.479 e. The van der Waals surface area contributed by atoms with Crippen LogP contribution in [-0.2, 0) is 35.7 Å². The number of rotatable bonds is 6. The lowest BCUT2D eigenvalue weighted by atomic mass is 9.63. The second kappa shape index (κ2) is 7.95. The van der Waals surface area contributed by atoms with Crippen molar-refractivity contribution in [1.29, 1.82) is 0 Å². The molecule has 1 aromatic rings. The average Bonchev–Trinajstić information content (AvgIpc) is 3.00. The highest BCUT2D eigenvalue weighted by Crippen LogP contribution is 2.56. The van der Waals surface area contributed by atoms with Gasteiger partial charge in [-0.25, -0.2) is 14.4 Å². The van der Waals surface area contributed by atoms with E-state index in [9.17, 15) is 50.1 Å². The molecule has 2 fully saturated rings. The Morgan fingerprint density at radius 3 is 2.17 bits per heavy atom. The molecule has 0 radical (unpaired) electrons. The summed E-state index contributed by atoms with van der Waals surface area (Å²) >= 11 is 0. The Labute approximate surface area is 199 Å². The Kier molecular flexibility index (Phi) is 5.79. The molecule has 0 saturated carbocycles. The molecule has 2 heterocycles. The summed E-state index contributed by atoms with van der Waals surface area (Å²) in [7, 11) is 0. The third-order valence-electron chi connectivity index (χ3n) is 7.99. The molecule has 192 valence electrons. The number of aliphatic hydroxyl groups is 4. The number of hydrogen-bond donors (Lipinski definition) is 7. The SMILES string of the molecule is CC1Cc2ccccc2C(C)(CC[C@]23O[C@H](C(=O)O)[C@@](O)(C(=O)O)[C@](C(=O)O)(O2)[C@H](O)[C@H]3O)C1O. The molecular weight excluding hydrogens is 468 g/mol. The van der Waals surface area contributed by atoms with Gasteiger partial charge in [-0.3, -0.25) is 0 Å². The fourth-order valence-electron chi connectivity index (χ4n) is 6.04. The average molecular weight is 496 g/mol. The number of carboxylic acid groups (broad SMARTS) is 3. The number of ether oxygens (including phenoxy) is 2. The minimum Gasteiger partial charge on any atom is -0.479 e. The highest BCUT2D eigenvalue weighted by molar-refractivity contribution is 5.97. The third-order valence-corrected chi connectivity index (χ3v) is 7.99. The monoisotopic (exact) mass is 496 g/mol. The molecule has 0 aromatic heterocycles. The predicted octanol–water partition coefficient (Wildman–Crippen LogP) is -1.15. The molecule has 12 nitrogen and oxygen atoms in total. The van der Waals surface area contributed by atoms with Crippen LogP contribution in [-0.4, -0.2) is 95.1 Å². The Balaban J connectivity index is 1.80. The Hall–Kier alpha value is -2.61. The van der Waals surface area contributed by atoms with Gasteiger partial charge in [-0.05, 0) is 29.9 Å². The second-order valence-corrected chi connectivity index (χ2v) is 9.95. The summed E-state index contributed by atoms with van der Waals surface area (Å²) < 4.78 is 10.7. The van der Waals surface area contributed by atoms with E-state index in [2.05, 4.69) is 0 Å². The first-order valence-corrected chi connectivity index (χ1v) is 11.1. The Bertz CT molecular complexity index is 1070. The van der Waals surface area contributed by atoms with Gasteiger partial charge in [0.25, 0.3) is 0 Å². The van der Waals surface area contributed by atoms with Gasteiger partial charge in [0, 0.05) is 11.8 Å². The van der Waals surface area contributed by atoms with E-state index in [1.165, 1.54) is 0 Å². The molecule has 0 amide bonds. The maximum absolute atomic E-state index is 12.2. The number of aliphatic hydroxyl groups excluding tert-OH is 3. The fraction of sp³-hybridized carbons (Fsp3) is 0.609. The summed E-state index contributed by atoms with van der Waals surface area (Å²) in [6, 6.07) is 7.34. The highest BCUT2D eigenvalue weighted by Gasteiger charge is 2.84. The van der Waals surface area contributed by atoms with Crippen LogP contribution in [0.1, 0.15) is 37.8 Å². The van der Waals surface area contributed by atoms with Crippen molar-refractivity contribution in [3.05, 3.63) is 35.4 Å². The summed E-state index contributed by atoms with van der Waals surface area (Å²) in [5.74, 6) is -9.22. The maximum atomic E-state index is 12.2. The first-order valence-electron chi connectivity index (χ1n) is 11.1. The number of benzene rings is 1. The van der Waals surface area contributed by atoms with Gasteiger partial charge in [0.05, 0.1) is 6.10 Å². The van der Waals surface area contributed by atoms with Crippen LogP contribution in [0.2, 0.25) is 0 Å². The Morgan fingerprint density at radius 1 is 0.971 bits per heavy atom. The molecule has 2 saturated heterocycles. The number of hydrogen-bond acceptors (Lipinski definition) is 9. The van der Waals surface area contributed by atoms with E-state index >= 15 is 0 Å². The van der Waals surface area contributed by atoms with E-state index in [0.29, 0.717) is 6.42 Å². The fourth-order valence-corrected chi connectivity index (χ4v) is 6.04. The van der Waals surface area contributed by atoms with Gasteiger partial charge in [-0.15, -0.1) is 0 Å². The van der Waals surface area contributed by atoms with Crippen molar-refractivity contribution < 1.29 is 59.6 Å². The maximum Gasteiger partial charge on any atom is 0.343 e. The van der Waals surface area contributed by atoms with E-state index < -0.39 is 71.1 Å². The van der Waals surface area contributed by atoms with E-state index in [4.69, 9.17) is 9.47 Å². The van der Waals surface area contributed by atoms with E-state index in [-0.39, 0.29) is 12.3 Å². The minimum atomic E-state index is -3.78. The van der Waals surface area contributed by atoms with E-state index in [1.54, 1.807) is 13.0 Å². The van der Waals surface area contributed by atoms with Crippen molar-refractivity contribution in [3.63, 3.8) is 0 Å². The first-order chi connectivity index (χ1) is 16.2.